The minimum atomic E-state index is 0.00220. The lowest BCUT2D eigenvalue weighted by atomic mass is 9.94. The number of hydrogen-bond donors (Lipinski definition) is 1. The minimum absolute atomic E-state index is 0.00220. The van der Waals surface area contributed by atoms with Crippen LogP contribution in [0.15, 0.2) is 5.38 Å². The summed E-state index contributed by atoms with van der Waals surface area (Å²) in [6.45, 7) is 7.16. The van der Waals surface area contributed by atoms with Crippen molar-refractivity contribution in [2.24, 2.45) is 0 Å². The van der Waals surface area contributed by atoms with Gasteiger partial charge in [0.2, 0.25) is 0 Å². The van der Waals surface area contributed by atoms with E-state index < -0.39 is 0 Å². The van der Waals surface area contributed by atoms with Gasteiger partial charge in [-0.05, 0) is 33.6 Å². The van der Waals surface area contributed by atoms with E-state index in [4.69, 9.17) is 4.74 Å². The average molecular weight is 226 g/mol. The molecule has 1 aliphatic heterocycles. The second kappa shape index (κ2) is 4.10. The Balaban J connectivity index is 1.95. The van der Waals surface area contributed by atoms with Crippen LogP contribution in [0.4, 0.5) is 5.13 Å². The molecule has 1 saturated heterocycles. The van der Waals surface area contributed by atoms with Crippen LogP contribution >= 0.6 is 11.3 Å². The monoisotopic (exact) mass is 226 g/mol. The fourth-order valence-corrected chi connectivity index (χ4v) is 2.72. The Kier molecular flexibility index (Phi) is 2.98. The predicted octanol–water partition coefficient (Wildman–Crippen LogP) is 2.82. The van der Waals surface area contributed by atoms with E-state index in [1.165, 1.54) is 0 Å². The third kappa shape index (κ3) is 2.92. The second-order valence-corrected chi connectivity index (χ2v) is 5.59. The first kappa shape index (κ1) is 10.9. The van der Waals surface area contributed by atoms with Gasteiger partial charge >= 0.3 is 0 Å². The summed E-state index contributed by atoms with van der Waals surface area (Å²) in [6, 6.07) is 0.499. The number of nitrogens with one attached hydrogen (secondary N) is 1. The summed E-state index contributed by atoms with van der Waals surface area (Å²) in [4.78, 5) is 4.42. The van der Waals surface area contributed by atoms with Crippen LogP contribution in [0.25, 0.3) is 0 Å². The Bertz CT molecular complexity index is 335. The van der Waals surface area contributed by atoms with E-state index in [0.717, 1.165) is 30.3 Å². The SMILES string of the molecule is Cc1csc(NC2CCOC(C)(C)C2)n1. The maximum atomic E-state index is 5.68. The van der Waals surface area contributed by atoms with Gasteiger partial charge < -0.3 is 10.1 Å². The van der Waals surface area contributed by atoms with Crippen LogP contribution < -0.4 is 5.32 Å². The average Bonchev–Trinajstić information content (AvgIpc) is 2.49. The van der Waals surface area contributed by atoms with E-state index in [1.54, 1.807) is 11.3 Å². The molecule has 0 aliphatic carbocycles. The van der Waals surface area contributed by atoms with Crippen molar-refractivity contribution in [1.82, 2.24) is 4.98 Å². The van der Waals surface area contributed by atoms with Gasteiger partial charge in [0.1, 0.15) is 0 Å². The molecule has 1 fully saturated rings. The molecule has 0 spiro atoms. The summed E-state index contributed by atoms with van der Waals surface area (Å²) in [5, 5.41) is 6.60. The summed E-state index contributed by atoms with van der Waals surface area (Å²) >= 11 is 1.68. The lowest BCUT2D eigenvalue weighted by Crippen LogP contribution is -2.40. The number of thiazole rings is 1. The van der Waals surface area contributed by atoms with Gasteiger partial charge in [-0.2, -0.15) is 0 Å². The highest BCUT2D eigenvalue weighted by molar-refractivity contribution is 7.13. The molecule has 4 heteroatoms. The molecule has 3 nitrogen and oxygen atoms in total. The first-order valence-electron chi connectivity index (χ1n) is 5.38. The van der Waals surface area contributed by atoms with Gasteiger partial charge in [0.25, 0.3) is 0 Å². The maximum absolute atomic E-state index is 5.68. The van der Waals surface area contributed by atoms with E-state index in [2.05, 4.69) is 29.5 Å². The molecule has 0 amide bonds. The first-order valence-corrected chi connectivity index (χ1v) is 6.26. The molecule has 1 aliphatic rings. The Morgan fingerprint density at radius 3 is 3.00 bits per heavy atom. The van der Waals surface area contributed by atoms with Crippen LogP contribution in [0.5, 0.6) is 0 Å². The zero-order valence-electron chi connectivity index (χ0n) is 9.54. The Morgan fingerprint density at radius 2 is 2.40 bits per heavy atom. The summed E-state index contributed by atoms with van der Waals surface area (Å²) in [5.74, 6) is 0. The zero-order chi connectivity index (χ0) is 10.9. The normalized spacial score (nSPS) is 25.1. The smallest absolute Gasteiger partial charge is 0.183 e. The van der Waals surface area contributed by atoms with Crippen molar-refractivity contribution in [1.29, 1.82) is 0 Å². The van der Waals surface area contributed by atoms with E-state index in [-0.39, 0.29) is 5.60 Å². The Morgan fingerprint density at radius 1 is 1.60 bits per heavy atom. The highest BCUT2D eigenvalue weighted by Crippen LogP contribution is 2.27. The lowest BCUT2D eigenvalue weighted by molar-refractivity contribution is -0.0553. The number of ether oxygens (including phenoxy) is 1. The van der Waals surface area contributed by atoms with Crippen LogP contribution in [0.3, 0.4) is 0 Å². The van der Waals surface area contributed by atoms with Gasteiger partial charge in [0, 0.05) is 18.0 Å². The molecular formula is C11H18N2OS. The molecular weight excluding hydrogens is 208 g/mol. The summed E-state index contributed by atoms with van der Waals surface area (Å²) in [5.41, 5.74) is 1.09. The summed E-state index contributed by atoms with van der Waals surface area (Å²) in [7, 11) is 0. The number of aromatic nitrogens is 1. The molecule has 1 N–H and O–H groups in total. The van der Waals surface area contributed by atoms with Crippen molar-refractivity contribution >= 4 is 16.5 Å². The van der Waals surface area contributed by atoms with Crippen LogP contribution in [-0.2, 0) is 4.74 Å². The largest absolute Gasteiger partial charge is 0.375 e. The lowest BCUT2D eigenvalue weighted by Gasteiger charge is -2.35. The molecule has 0 bridgehead atoms. The van der Waals surface area contributed by atoms with Gasteiger partial charge in [-0.15, -0.1) is 11.3 Å². The van der Waals surface area contributed by atoms with Crippen LogP contribution in [-0.4, -0.2) is 23.2 Å². The van der Waals surface area contributed by atoms with Crippen molar-refractivity contribution in [3.8, 4) is 0 Å². The van der Waals surface area contributed by atoms with Crippen molar-refractivity contribution < 1.29 is 4.74 Å². The molecule has 0 aromatic carbocycles. The van der Waals surface area contributed by atoms with Crippen LogP contribution in [0.2, 0.25) is 0 Å². The van der Waals surface area contributed by atoms with Gasteiger partial charge in [0.15, 0.2) is 5.13 Å². The number of rotatable bonds is 2. The topological polar surface area (TPSA) is 34.1 Å². The van der Waals surface area contributed by atoms with Crippen molar-refractivity contribution in [2.75, 3.05) is 11.9 Å². The van der Waals surface area contributed by atoms with Gasteiger partial charge in [-0.1, -0.05) is 0 Å². The quantitative estimate of drug-likeness (QED) is 0.842. The predicted molar refractivity (Wildman–Crippen MR) is 63.5 cm³/mol. The minimum Gasteiger partial charge on any atom is -0.375 e. The van der Waals surface area contributed by atoms with E-state index in [0.29, 0.717) is 6.04 Å². The summed E-state index contributed by atoms with van der Waals surface area (Å²) < 4.78 is 5.68. The third-order valence-corrected chi connectivity index (χ3v) is 3.54. The molecule has 1 atom stereocenters. The third-order valence-electron chi connectivity index (χ3n) is 2.64. The number of nitrogens with zero attached hydrogens (tertiary/aromatic N) is 1. The molecule has 0 radical (unpaired) electrons. The standard InChI is InChI=1S/C11H18N2OS/c1-8-7-15-10(12-8)13-9-4-5-14-11(2,3)6-9/h7,9H,4-6H2,1-3H3,(H,12,13). The van der Waals surface area contributed by atoms with E-state index in [9.17, 15) is 0 Å². The Hall–Kier alpha value is -0.610. The number of anilines is 1. The number of aryl methyl sites for hydroxylation is 1. The van der Waals surface area contributed by atoms with Gasteiger partial charge in [-0.25, -0.2) is 4.98 Å². The zero-order valence-corrected chi connectivity index (χ0v) is 10.4. The Labute approximate surface area is 94.9 Å². The van der Waals surface area contributed by atoms with E-state index >= 15 is 0 Å². The van der Waals surface area contributed by atoms with Crippen LogP contribution in [0.1, 0.15) is 32.4 Å². The van der Waals surface area contributed by atoms with Gasteiger partial charge in [0.05, 0.1) is 11.3 Å². The van der Waals surface area contributed by atoms with E-state index in [1.807, 2.05) is 6.92 Å². The van der Waals surface area contributed by atoms with Crippen molar-refractivity contribution in [2.45, 2.75) is 45.3 Å². The van der Waals surface area contributed by atoms with Crippen molar-refractivity contribution in [3.63, 3.8) is 0 Å². The molecule has 2 heterocycles. The molecule has 0 saturated carbocycles. The summed E-state index contributed by atoms with van der Waals surface area (Å²) in [6.07, 6.45) is 2.12. The fraction of sp³-hybridized carbons (Fsp3) is 0.727. The second-order valence-electron chi connectivity index (χ2n) is 4.74. The molecule has 1 unspecified atom stereocenters. The number of hydrogen-bond acceptors (Lipinski definition) is 4. The first-order chi connectivity index (χ1) is 7.05. The maximum Gasteiger partial charge on any atom is 0.183 e. The molecule has 2 rings (SSSR count). The fourth-order valence-electron chi connectivity index (χ4n) is 1.95. The molecule has 1 aromatic heterocycles. The molecule has 1 aromatic rings. The highest BCUT2D eigenvalue weighted by Gasteiger charge is 2.28. The van der Waals surface area contributed by atoms with Gasteiger partial charge in [-0.3, -0.25) is 0 Å². The molecule has 84 valence electrons. The molecule has 15 heavy (non-hydrogen) atoms. The highest BCUT2D eigenvalue weighted by atomic mass is 32.1. The van der Waals surface area contributed by atoms with Crippen molar-refractivity contribution in [3.05, 3.63) is 11.1 Å². The van der Waals surface area contributed by atoms with Crippen LogP contribution in [0, 0.1) is 6.92 Å².